The van der Waals surface area contributed by atoms with Crippen LogP contribution in [0, 0.1) is 0 Å². The summed E-state index contributed by atoms with van der Waals surface area (Å²) < 4.78 is 21.7. The molecule has 124 valence electrons. The molecule has 1 rings (SSSR count). The molecule has 21 heavy (non-hydrogen) atoms. The summed E-state index contributed by atoms with van der Waals surface area (Å²) in [4.78, 5) is 10.8. The number of esters is 1. The van der Waals surface area contributed by atoms with Gasteiger partial charge in [-0.2, -0.15) is 0 Å². The van der Waals surface area contributed by atoms with E-state index >= 15 is 0 Å². The molecule has 2 unspecified atom stereocenters. The molecule has 0 amide bonds. The van der Waals surface area contributed by atoms with Crippen molar-refractivity contribution in [2.24, 2.45) is 0 Å². The van der Waals surface area contributed by atoms with Gasteiger partial charge in [-0.15, -0.1) is 0 Å². The van der Waals surface area contributed by atoms with Crippen molar-refractivity contribution in [2.75, 3.05) is 33.5 Å². The molecule has 1 heterocycles. The molecule has 0 aliphatic carbocycles. The third kappa shape index (κ3) is 7.40. The lowest BCUT2D eigenvalue weighted by molar-refractivity contribution is -0.140. The van der Waals surface area contributed by atoms with Gasteiger partial charge in [-0.25, -0.2) is 0 Å². The van der Waals surface area contributed by atoms with Crippen LogP contribution >= 0.6 is 0 Å². The molecule has 0 spiro atoms. The highest BCUT2D eigenvalue weighted by Crippen LogP contribution is 2.32. The Morgan fingerprint density at radius 3 is 2.38 bits per heavy atom. The van der Waals surface area contributed by atoms with Crippen LogP contribution in [0.15, 0.2) is 0 Å². The first-order chi connectivity index (χ1) is 10.00. The topological polar surface area (TPSA) is 57.3 Å². The van der Waals surface area contributed by atoms with E-state index in [0.29, 0.717) is 18.3 Å². The number of carbonyl (C=O) groups is 1. The van der Waals surface area contributed by atoms with Gasteiger partial charge in [-0.3, -0.25) is 4.79 Å². The lowest BCUT2D eigenvalue weighted by Crippen LogP contribution is -2.41. The van der Waals surface area contributed by atoms with Crippen LogP contribution < -0.4 is 0 Å². The Balaban J connectivity index is 2.27. The molecule has 0 bridgehead atoms. The molecule has 0 aromatic heterocycles. The van der Waals surface area contributed by atoms with Crippen molar-refractivity contribution >= 4 is 14.3 Å². The van der Waals surface area contributed by atoms with Crippen LogP contribution in [-0.4, -0.2) is 53.9 Å². The summed E-state index contributed by atoms with van der Waals surface area (Å²) in [5, 5.41) is 0. The van der Waals surface area contributed by atoms with Crippen molar-refractivity contribution in [3.63, 3.8) is 0 Å². The van der Waals surface area contributed by atoms with Gasteiger partial charge in [0, 0.05) is 20.6 Å². The first-order valence-corrected chi connectivity index (χ1v) is 10.3. The normalized spacial score (nSPS) is 20.3. The van der Waals surface area contributed by atoms with Gasteiger partial charge in [0.1, 0.15) is 6.10 Å². The van der Waals surface area contributed by atoms with Crippen molar-refractivity contribution in [1.82, 2.24) is 0 Å². The predicted molar refractivity (Wildman–Crippen MR) is 83.9 cm³/mol. The van der Waals surface area contributed by atoms with Gasteiger partial charge < -0.3 is 18.6 Å². The number of hydrogen-bond acceptors (Lipinski definition) is 5. The van der Waals surface area contributed by atoms with Crippen LogP contribution in [0.1, 0.15) is 33.6 Å². The zero-order chi connectivity index (χ0) is 15.7. The molecule has 1 fully saturated rings. The van der Waals surface area contributed by atoms with Gasteiger partial charge in [0.2, 0.25) is 0 Å². The van der Waals surface area contributed by atoms with E-state index in [1.165, 1.54) is 6.92 Å². The highest BCUT2D eigenvalue weighted by Gasteiger charge is 2.36. The van der Waals surface area contributed by atoms with Crippen molar-refractivity contribution < 1.29 is 23.4 Å². The number of epoxide rings is 1. The van der Waals surface area contributed by atoms with Crippen LogP contribution in [0.3, 0.4) is 0 Å². The fourth-order valence-corrected chi connectivity index (χ4v) is 6.35. The number of carbonyl (C=O) groups excluding carboxylic acids is 1. The third-order valence-electron chi connectivity index (χ3n) is 4.10. The van der Waals surface area contributed by atoms with Gasteiger partial charge in [0.15, 0.2) is 8.32 Å². The van der Waals surface area contributed by atoms with Gasteiger partial charge in [0.05, 0.1) is 19.8 Å². The highest BCUT2D eigenvalue weighted by atomic mass is 28.4. The number of ether oxygens (including phenoxy) is 3. The van der Waals surface area contributed by atoms with Crippen molar-refractivity contribution in [1.29, 1.82) is 0 Å². The zero-order valence-electron chi connectivity index (χ0n) is 13.9. The van der Waals surface area contributed by atoms with Gasteiger partial charge in [-0.05, 0) is 30.5 Å². The smallest absolute Gasteiger partial charge is 0.302 e. The summed E-state index contributed by atoms with van der Waals surface area (Å²) >= 11 is 0. The van der Waals surface area contributed by atoms with Crippen LogP contribution in [0.2, 0.25) is 17.6 Å². The lowest BCUT2D eigenvalue weighted by Gasteiger charge is -2.33. The Labute approximate surface area is 129 Å². The van der Waals surface area contributed by atoms with Crippen molar-refractivity contribution in [3.8, 4) is 0 Å². The van der Waals surface area contributed by atoms with Crippen molar-refractivity contribution in [3.05, 3.63) is 0 Å². The van der Waals surface area contributed by atoms with Gasteiger partial charge >= 0.3 is 5.97 Å². The molecule has 0 aromatic carbocycles. The standard InChI is InChI=1S/C15H30O5Si/c1-13(2)21(17-4,10-6-8-19-14(3)16)9-5-7-18-11-15-12-20-15/h13,15H,5-12H2,1-4H3. The lowest BCUT2D eigenvalue weighted by atomic mass is 10.5. The molecule has 2 atom stereocenters. The summed E-state index contributed by atoms with van der Waals surface area (Å²) in [6.45, 7) is 8.75. The fraction of sp³-hybridized carbons (Fsp3) is 0.933. The highest BCUT2D eigenvalue weighted by molar-refractivity contribution is 6.75. The molecule has 6 heteroatoms. The quantitative estimate of drug-likeness (QED) is 0.240. The number of rotatable bonds is 12. The average Bonchev–Trinajstić information content (AvgIpc) is 3.24. The largest absolute Gasteiger partial charge is 0.466 e. The summed E-state index contributed by atoms with van der Waals surface area (Å²) in [6, 6.07) is 2.12. The van der Waals surface area contributed by atoms with Crippen LogP contribution in [0.25, 0.3) is 0 Å². The maximum Gasteiger partial charge on any atom is 0.302 e. The predicted octanol–water partition coefficient (Wildman–Crippen LogP) is 2.75. The second-order valence-electron chi connectivity index (χ2n) is 6.00. The molecule has 0 radical (unpaired) electrons. The van der Waals surface area contributed by atoms with E-state index < -0.39 is 8.32 Å². The molecule has 0 N–H and O–H groups in total. The maximum absolute atomic E-state index is 10.8. The maximum atomic E-state index is 10.8. The molecule has 0 saturated carbocycles. The number of hydrogen-bond donors (Lipinski definition) is 0. The molecule has 1 aliphatic heterocycles. The van der Waals surface area contributed by atoms with E-state index in [2.05, 4.69) is 13.8 Å². The molecular formula is C15H30O5Si. The Hall–Kier alpha value is -0.433. The van der Waals surface area contributed by atoms with Crippen LogP contribution in [-0.2, 0) is 23.4 Å². The Bertz CT molecular complexity index is 306. The Morgan fingerprint density at radius 1 is 1.29 bits per heavy atom. The first-order valence-electron chi connectivity index (χ1n) is 7.88. The van der Waals surface area contributed by atoms with Crippen LogP contribution in [0.4, 0.5) is 0 Å². The third-order valence-corrected chi connectivity index (χ3v) is 9.42. The molecule has 5 nitrogen and oxygen atoms in total. The van der Waals surface area contributed by atoms with E-state index in [9.17, 15) is 4.79 Å². The van der Waals surface area contributed by atoms with E-state index in [1.54, 1.807) is 0 Å². The zero-order valence-corrected chi connectivity index (χ0v) is 14.9. The molecule has 0 aromatic rings. The SMILES string of the molecule is CO[Si](CCCOCC1CO1)(CCCOC(C)=O)C(C)C. The summed E-state index contributed by atoms with van der Waals surface area (Å²) in [7, 11) is 0.0474. The first kappa shape index (κ1) is 18.6. The second kappa shape index (κ2) is 9.56. The molecule has 1 saturated heterocycles. The molecular weight excluding hydrogens is 288 g/mol. The second-order valence-corrected chi connectivity index (χ2v) is 10.7. The van der Waals surface area contributed by atoms with E-state index in [-0.39, 0.29) is 5.97 Å². The monoisotopic (exact) mass is 318 g/mol. The summed E-state index contributed by atoms with van der Waals surface area (Å²) in [5.74, 6) is -0.208. The van der Waals surface area contributed by atoms with E-state index in [0.717, 1.165) is 44.8 Å². The minimum atomic E-state index is -1.78. The minimum Gasteiger partial charge on any atom is -0.466 e. The summed E-state index contributed by atoms with van der Waals surface area (Å²) in [5.41, 5.74) is 0.548. The van der Waals surface area contributed by atoms with Crippen LogP contribution in [0.5, 0.6) is 0 Å². The average molecular weight is 318 g/mol. The Kier molecular flexibility index (Phi) is 8.47. The Morgan fingerprint density at radius 2 is 1.90 bits per heavy atom. The van der Waals surface area contributed by atoms with E-state index in [1.807, 2.05) is 7.11 Å². The van der Waals surface area contributed by atoms with Crippen molar-refractivity contribution in [2.45, 2.75) is 57.3 Å². The summed E-state index contributed by atoms with van der Waals surface area (Å²) in [6.07, 6.45) is 2.25. The van der Waals surface area contributed by atoms with Gasteiger partial charge in [0.25, 0.3) is 0 Å². The fourth-order valence-electron chi connectivity index (χ4n) is 2.58. The van der Waals surface area contributed by atoms with E-state index in [4.69, 9.17) is 18.6 Å². The molecule has 1 aliphatic rings. The minimum absolute atomic E-state index is 0.208. The van der Waals surface area contributed by atoms with Gasteiger partial charge in [-0.1, -0.05) is 13.8 Å².